The summed E-state index contributed by atoms with van der Waals surface area (Å²) in [5, 5.41) is 5.46. The van der Waals surface area contributed by atoms with E-state index in [1.807, 2.05) is 43.5 Å². The third kappa shape index (κ3) is 3.04. The van der Waals surface area contributed by atoms with Crippen LogP contribution in [0.2, 0.25) is 0 Å². The van der Waals surface area contributed by atoms with E-state index >= 15 is 0 Å². The Kier molecular flexibility index (Phi) is 3.86. The molecule has 2 N–H and O–H groups in total. The fraction of sp³-hybridized carbons (Fsp3) is 0.250. The Hall–Kier alpha value is -1.98. The molecule has 0 aliphatic heterocycles. The van der Waals surface area contributed by atoms with E-state index in [9.17, 15) is 4.79 Å². The van der Waals surface area contributed by atoms with E-state index in [2.05, 4.69) is 22.2 Å². The fourth-order valence-electron chi connectivity index (χ4n) is 2.25. The number of hydrogen-bond acceptors (Lipinski definition) is 4. The molecular formula is C16H17N3OS. The first kappa shape index (κ1) is 14.0. The number of aryl methyl sites for hydroxylation is 1. The van der Waals surface area contributed by atoms with E-state index < -0.39 is 0 Å². The number of hydrogen-bond donors (Lipinski definition) is 2. The Morgan fingerprint density at radius 3 is 2.95 bits per heavy atom. The SMILES string of the molecule is Cc1cnc(C(C)NCc2cc3ccccc3[nH]c2=O)s1. The molecule has 0 saturated carbocycles. The second-order valence-corrected chi connectivity index (χ2v) is 6.39. The van der Waals surface area contributed by atoms with Gasteiger partial charge in [-0.25, -0.2) is 4.98 Å². The van der Waals surface area contributed by atoms with Crippen molar-refractivity contribution in [3.63, 3.8) is 0 Å². The Bertz CT molecular complexity index is 822. The molecule has 5 heteroatoms. The first-order valence-electron chi connectivity index (χ1n) is 6.90. The van der Waals surface area contributed by atoms with Crippen molar-refractivity contribution in [3.05, 3.63) is 62.3 Å². The zero-order valence-electron chi connectivity index (χ0n) is 12.0. The number of nitrogens with one attached hydrogen (secondary N) is 2. The summed E-state index contributed by atoms with van der Waals surface area (Å²) in [4.78, 5) is 20.6. The van der Waals surface area contributed by atoms with Crippen molar-refractivity contribution >= 4 is 22.2 Å². The number of benzene rings is 1. The molecular weight excluding hydrogens is 282 g/mol. The topological polar surface area (TPSA) is 57.8 Å². The largest absolute Gasteiger partial charge is 0.322 e. The molecule has 1 atom stereocenters. The highest BCUT2D eigenvalue weighted by Crippen LogP contribution is 2.19. The van der Waals surface area contributed by atoms with Crippen LogP contribution in [0.25, 0.3) is 10.9 Å². The Labute approximate surface area is 126 Å². The predicted molar refractivity (Wildman–Crippen MR) is 86.7 cm³/mol. The summed E-state index contributed by atoms with van der Waals surface area (Å²) >= 11 is 1.68. The van der Waals surface area contributed by atoms with Gasteiger partial charge in [0.15, 0.2) is 0 Å². The number of aromatic amines is 1. The molecule has 4 nitrogen and oxygen atoms in total. The monoisotopic (exact) mass is 299 g/mol. The van der Waals surface area contributed by atoms with Crippen molar-refractivity contribution in [2.45, 2.75) is 26.4 Å². The van der Waals surface area contributed by atoms with Crippen LogP contribution in [0.3, 0.4) is 0 Å². The van der Waals surface area contributed by atoms with Gasteiger partial charge in [-0.1, -0.05) is 18.2 Å². The van der Waals surface area contributed by atoms with Crippen LogP contribution in [0.1, 0.15) is 28.4 Å². The normalized spacial score (nSPS) is 12.7. The molecule has 2 aromatic heterocycles. The Morgan fingerprint density at radius 1 is 1.38 bits per heavy atom. The number of H-pyrrole nitrogens is 1. The maximum Gasteiger partial charge on any atom is 0.252 e. The molecule has 0 fully saturated rings. The zero-order chi connectivity index (χ0) is 14.8. The van der Waals surface area contributed by atoms with Crippen LogP contribution in [0.4, 0.5) is 0 Å². The predicted octanol–water partition coefficient (Wildman–Crippen LogP) is 3.14. The van der Waals surface area contributed by atoms with E-state index in [1.54, 1.807) is 11.3 Å². The maximum atomic E-state index is 12.1. The summed E-state index contributed by atoms with van der Waals surface area (Å²) in [5.41, 5.74) is 1.58. The first-order chi connectivity index (χ1) is 10.1. The number of rotatable bonds is 4. The lowest BCUT2D eigenvalue weighted by molar-refractivity contribution is 0.569. The summed E-state index contributed by atoms with van der Waals surface area (Å²) in [6.45, 7) is 4.63. The lowest BCUT2D eigenvalue weighted by Gasteiger charge is -2.11. The number of fused-ring (bicyclic) bond motifs is 1. The van der Waals surface area contributed by atoms with Crippen molar-refractivity contribution in [3.8, 4) is 0 Å². The van der Waals surface area contributed by atoms with Gasteiger partial charge in [0.05, 0.1) is 6.04 Å². The third-order valence-electron chi connectivity index (χ3n) is 3.44. The van der Waals surface area contributed by atoms with Gasteiger partial charge in [-0.3, -0.25) is 4.79 Å². The van der Waals surface area contributed by atoms with Gasteiger partial charge in [0.1, 0.15) is 5.01 Å². The molecule has 1 aromatic carbocycles. The highest BCUT2D eigenvalue weighted by Gasteiger charge is 2.10. The molecule has 21 heavy (non-hydrogen) atoms. The quantitative estimate of drug-likeness (QED) is 0.778. The van der Waals surface area contributed by atoms with Crippen LogP contribution in [0, 0.1) is 6.92 Å². The minimum atomic E-state index is -0.0382. The van der Waals surface area contributed by atoms with Gasteiger partial charge in [-0.2, -0.15) is 0 Å². The van der Waals surface area contributed by atoms with Crippen LogP contribution < -0.4 is 10.9 Å². The second kappa shape index (κ2) is 5.79. The van der Waals surface area contributed by atoms with E-state index in [0.717, 1.165) is 21.5 Å². The first-order valence-corrected chi connectivity index (χ1v) is 7.72. The van der Waals surface area contributed by atoms with Gasteiger partial charge < -0.3 is 10.3 Å². The number of nitrogens with zero attached hydrogens (tertiary/aromatic N) is 1. The molecule has 0 radical (unpaired) electrons. The molecule has 108 valence electrons. The molecule has 0 saturated heterocycles. The van der Waals surface area contributed by atoms with Crippen LogP contribution in [-0.4, -0.2) is 9.97 Å². The van der Waals surface area contributed by atoms with E-state index in [-0.39, 0.29) is 11.6 Å². The average Bonchev–Trinajstić information content (AvgIpc) is 2.91. The Morgan fingerprint density at radius 2 is 2.19 bits per heavy atom. The third-order valence-corrected chi connectivity index (χ3v) is 4.53. The molecule has 0 bridgehead atoms. The van der Waals surface area contributed by atoms with Crippen molar-refractivity contribution in [1.82, 2.24) is 15.3 Å². The van der Waals surface area contributed by atoms with Crippen molar-refractivity contribution in [2.24, 2.45) is 0 Å². The smallest absolute Gasteiger partial charge is 0.252 e. The van der Waals surface area contributed by atoms with Crippen LogP contribution in [0.5, 0.6) is 0 Å². The summed E-state index contributed by atoms with van der Waals surface area (Å²) in [6.07, 6.45) is 1.88. The van der Waals surface area contributed by atoms with E-state index in [0.29, 0.717) is 6.54 Å². The van der Waals surface area contributed by atoms with Gasteiger partial charge in [0, 0.05) is 28.7 Å². The van der Waals surface area contributed by atoms with Gasteiger partial charge in [0.2, 0.25) is 0 Å². The lowest BCUT2D eigenvalue weighted by Crippen LogP contribution is -2.23. The molecule has 0 spiro atoms. The number of aromatic nitrogens is 2. The highest BCUT2D eigenvalue weighted by atomic mass is 32.1. The number of pyridine rings is 1. The molecule has 0 aliphatic carbocycles. The molecule has 3 rings (SSSR count). The average molecular weight is 299 g/mol. The number of thiazole rings is 1. The van der Waals surface area contributed by atoms with Gasteiger partial charge >= 0.3 is 0 Å². The van der Waals surface area contributed by atoms with Gasteiger partial charge in [0.25, 0.3) is 5.56 Å². The van der Waals surface area contributed by atoms with Crippen LogP contribution in [0.15, 0.2) is 41.3 Å². The van der Waals surface area contributed by atoms with Crippen LogP contribution >= 0.6 is 11.3 Å². The molecule has 2 heterocycles. The minimum absolute atomic E-state index is 0.0382. The Balaban J connectivity index is 1.78. The summed E-state index contributed by atoms with van der Waals surface area (Å²) < 4.78 is 0. The molecule has 0 aliphatic rings. The standard InChI is InChI=1S/C16H17N3OS/c1-10-8-18-16(21-10)11(2)17-9-13-7-12-5-3-4-6-14(12)19-15(13)20/h3-8,11,17H,9H2,1-2H3,(H,19,20). The van der Waals surface area contributed by atoms with Crippen molar-refractivity contribution in [2.75, 3.05) is 0 Å². The molecule has 3 aromatic rings. The minimum Gasteiger partial charge on any atom is -0.322 e. The number of para-hydroxylation sites is 1. The summed E-state index contributed by atoms with van der Waals surface area (Å²) in [7, 11) is 0. The molecule has 0 amide bonds. The lowest BCUT2D eigenvalue weighted by atomic mass is 10.1. The van der Waals surface area contributed by atoms with E-state index in [1.165, 1.54) is 4.88 Å². The van der Waals surface area contributed by atoms with E-state index in [4.69, 9.17) is 0 Å². The van der Waals surface area contributed by atoms with Crippen molar-refractivity contribution < 1.29 is 0 Å². The summed E-state index contributed by atoms with van der Waals surface area (Å²) in [6, 6.07) is 9.88. The van der Waals surface area contributed by atoms with Gasteiger partial charge in [-0.05, 0) is 31.4 Å². The second-order valence-electron chi connectivity index (χ2n) is 5.12. The summed E-state index contributed by atoms with van der Waals surface area (Å²) in [5.74, 6) is 0. The highest BCUT2D eigenvalue weighted by molar-refractivity contribution is 7.11. The van der Waals surface area contributed by atoms with Gasteiger partial charge in [-0.15, -0.1) is 11.3 Å². The maximum absolute atomic E-state index is 12.1. The van der Waals surface area contributed by atoms with Crippen molar-refractivity contribution in [1.29, 1.82) is 0 Å². The van der Waals surface area contributed by atoms with Crippen LogP contribution in [-0.2, 0) is 6.54 Å². The fourth-order valence-corrected chi connectivity index (χ4v) is 3.05. The zero-order valence-corrected chi connectivity index (χ0v) is 12.8. The molecule has 1 unspecified atom stereocenters.